The van der Waals surface area contributed by atoms with Gasteiger partial charge in [0.15, 0.2) is 0 Å². The molecule has 27 heavy (non-hydrogen) atoms. The summed E-state index contributed by atoms with van der Waals surface area (Å²) in [5.74, 6) is 0. The number of anilines is 1. The maximum atomic E-state index is 13.3. The number of fused-ring (bicyclic) bond motifs is 1. The van der Waals surface area contributed by atoms with Crippen LogP contribution in [-0.4, -0.2) is 77.7 Å². The van der Waals surface area contributed by atoms with Crippen LogP contribution in [0.4, 0.5) is 5.69 Å². The van der Waals surface area contributed by atoms with E-state index in [-0.39, 0.29) is 0 Å². The summed E-state index contributed by atoms with van der Waals surface area (Å²) in [5, 5.41) is 1.74. The van der Waals surface area contributed by atoms with Crippen LogP contribution in [0.15, 0.2) is 41.3 Å². The minimum absolute atomic E-state index is 0.395. The summed E-state index contributed by atoms with van der Waals surface area (Å²) in [6.07, 6.45) is 0. The summed E-state index contributed by atoms with van der Waals surface area (Å²) in [5.41, 5.74) is 1.02. The lowest BCUT2D eigenvalue weighted by Gasteiger charge is -2.34. The Balaban J connectivity index is 1.83. The molecule has 0 aromatic heterocycles. The Kier molecular flexibility index (Phi) is 6.37. The SMILES string of the molecule is CCOCCN1CCN(S(=O)(=O)c2cccc3c(N(C)C)cccc23)CC1. The lowest BCUT2D eigenvalue weighted by Crippen LogP contribution is -2.49. The van der Waals surface area contributed by atoms with Gasteiger partial charge in [0.25, 0.3) is 0 Å². The molecular weight excluding hydrogens is 362 g/mol. The van der Waals surface area contributed by atoms with Crippen LogP contribution in [-0.2, 0) is 14.8 Å². The third-order valence-electron chi connectivity index (χ3n) is 5.05. The molecule has 148 valence electrons. The molecule has 0 N–H and O–H groups in total. The van der Waals surface area contributed by atoms with Gasteiger partial charge in [0.1, 0.15) is 0 Å². The van der Waals surface area contributed by atoms with Crippen LogP contribution in [0.5, 0.6) is 0 Å². The highest BCUT2D eigenvalue weighted by molar-refractivity contribution is 7.89. The fraction of sp³-hybridized carbons (Fsp3) is 0.500. The first kappa shape index (κ1) is 20.1. The quantitative estimate of drug-likeness (QED) is 0.678. The van der Waals surface area contributed by atoms with Crippen LogP contribution in [0.25, 0.3) is 10.8 Å². The van der Waals surface area contributed by atoms with Gasteiger partial charge in [-0.05, 0) is 19.1 Å². The minimum atomic E-state index is -3.52. The zero-order valence-corrected chi connectivity index (χ0v) is 17.2. The Morgan fingerprint density at radius 2 is 1.67 bits per heavy atom. The zero-order chi connectivity index (χ0) is 19.4. The average molecular weight is 392 g/mol. The van der Waals surface area contributed by atoms with Crippen molar-refractivity contribution in [1.82, 2.24) is 9.21 Å². The first-order valence-corrected chi connectivity index (χ1v) is 10.9. The molecular formula is C20H29N3O3S. The number of sulfonamides is 1. The van der Waals surface area contributed by atoms with Crippen molar-refractivity contribution in [3.8, 4) is 0 Å². The van der Waals surface area contributed by atoms with E-state index in [9.17, 15) is 8.42 Å². The third-order valence-corrected chi connectivity index (χ3v) is 7.00. The summed E-state index contributed by atoms with van der Waals surface area (Å²) < 4.78 is 33.7. The van der Waals surface area contributed by atoms with Crippen molar-refractivity contribution >= 4 is 26.5 Å². The third kappa shape index (κ3) is 4.27. The van der Waals surface area contributed by atoms with E-state index in [0.29, 0.717) is 31.2 Å². The van der Waals surface area contributed by atoms with Gasteiger partial charge in [0.2, 0.25) is 10.0 Å². The molecule has 1 saturated heterocycles. The number of benzene rings is 2. The second-order valence-electron chi connectivity index (χ2n) is 6.97. The fourth-order valence-corrected chi connectivity index (χ4v) is 5.18. The first-order valence-electron chi connectivity index (χ1n) is 9.44. The van der Waals surface area contributed by atoms with Gasteiger partial charge in [-0.1, -0.05) is 24.3 Å². The predicted molar refractivity (Wildman–Crippen MR) is 110 cm³/mol. The second-order valence-corrected chi connectivity index (χ2v) is 8.87. The number of hydrogen-bond acceptors (Lipinski definition) is 5. The van der Waals surface area contributed by atoms with Crippen LogP contribution in [0.2, 0.25) is 0 Å². The van der Waals surface area contributed by atoms with E-state index in [1.54, 1.807) is 10.4 Å². The molecule has 1 aliphatic rings. The number of ether oxygens (including phenoxy) is 1. The summed E-state index contributed by atoms with van der Waals surface area (Å²) in [4.78, 5) is 4.66. The van der Waals surface area contributed by atoms with Crippen molar-refractivity contribution in [3.63, 3.8) is 0 Å². The Bertz CT molecular complexity index is 875. The van der Waals surface area contributed by atoms with Crippen molar-refractivity contribution in [1.29, 1.82) is 0 Å². The molecule has 0 aliphatic carbocycles. The van der Waals surface area contributed by atoms with Gasteiger partial charge in [-0.3, -0.25) is 4.90 Å². The molecule has 0 spiro atoms. The molecule has 0 atom stereocenters. The number of hydrogen-bond donors (Lipinski definition) is 0. The van der Waals surface area contributed by atoms with E-state index in [2.05, 4.69) is 4.90 Å². The molecule has 6 nitrogen and oxygen atoms in total. The molecule has 1 aliphatic heterocycles. The summed E-state index contributed by atoms with van der Waals surface area (Å²) in [7, 11) is 0.417. The Hall–Kier alpha value is -1.67. The molecule has 0 amide bonds. The summed E-state index contributed by atoms with van der Waals surface area (Å²) >= 11 is 0. The maximum absolute atomic E-state index is 13.3. The minimum Gasteiger partial charge on any atom is -0.380 e. The van der Waals surface area contributed by atoms with Gasteiger partial charge < -0.3 is 9.64 Å². The van der Waals surface area contributed by atoms with E-state index in [1.165, 1.54) is 0 Å². The lowest BCUT2D eigenvalue weighted by atomic mass is 10.1. The van der Waals surface area contributed by atoms with E-state index < -0.39 is 10.0 Å². The molecule has 0 bridgehead atoms. The number of nitrogens with zero attached hydrogens (tertiary/aromatic N) is 3. The molecule has 0 radical (unpaired) electrons. The highest BCUT2D eigenvalue weighted by atomic mass is 32.2. The molecule has 3 rings (SSSR count). The smallest absolute Gasteiger partial charge is 0.243 e. The lowest BCUT2D eigenvalue weighted by molar-refractivity contribution is 0.0979. The summed E-state index contributed by atoms with van der Waals surface area (Å²) in [6.45, 7) is 6.74. The zero-order valence-electron chi connectivity index (χ0n) is 16.4. The standard InChI is InChI=1S/C20H29N3O3S/c1-4-26-16-15-22-11-13-23(14-12-22)27(24,25)20-10-6-7-17-18(20)8-5-9-19(17)21(2)3/h5-10H,4,11-16H2,1-3H3. The van der Waals surface area contributed by atoms with Gasteiger partial charge in [-0.15, -0.1) is 0 Å². The van der Waals surface area contributed by atoms with E-state index >= 15 is 0 Å². The van der Waals surface area contributed by atoms with Crippen LogP contribution in [0.3, 0.4) is 0 Å². The van der Waals surface area contributed by atoms with E-state index in [4.69, 9.17) is 4.74 Å². The Labute approximate surface area is 162 Å². The van der Waals surface area contributed by atoms with Crippen molar-refractivity contribution in [2.24, 2.45) is 0 Å². The molecule has 1 fully saturated rings. The Morgan fingerprint density at radius 1 is 1.00 bits per heavy atom. The van der Waals surface area contributed by atoms with Crippen molar-refractivity contribution in [2.45, 2.75) is 11.8 Å². The first-order chi connectivity index (χ1) is 12.9. The Morgan fingerprint density at radius 3 is 2.33 bits per heavy atom. The largest absolute Gasteiger partial charge is 0.380 e. The van der Waals surface area contributed by atoms with Gasteiger partial charge in [0, 0.05) is 69.9 Å². The normalized spacial score (nSPS) is 16.7. The van der Waals surface area contributed by atoms with Gasteiger partial charge >= 0.3 is 0 Å². The van der Waals surface area contributed by atoms with Crippen molar-refractivity contribution < 1.29 is 13.2 Å². The molecule has 0 saturated carbocycles. The molecule has 2 aromatic carbocycles. The topological polar surface area (TPSA) is 53.1 Å². The monoisotopic (exact) mass is 391 g/mol. The maximum Gasteiger partial charge on any atom is 0.243 e. The van der Waals surface area contributed by atoms with Gasteiger partial charge in [0.05, 0.1) is 11.5 Å². The fourth-order valence-electron chi connectivity index (χ4n) is 3.55. The highest BCUT2D eigenvalue weighted by Gasteiger charge is 2.29. The van der Waals surface area contributed by atoms with Crippen LogP contribution in [0, 0.1) is 0 Å². The molecule has 7 heteroatoms. The van der Waals surface area contributed by atoms with Crippen molar-refractivity contribution in [2.75, 3.05) is 64.9 Å². The molecule has 1 heterocycles. The van der Waals surface area contributed by atoms with E-state index in [1.807, 2.05) is 56.3 Å². The average Bonchev–Trinajstić information content (AvgIpc) is 2.67. The number of piperazine rings is 1. The van der Waals surface area contributed by atoms with Gasteiger partial charge in [-0.25, -0.2) is 8.42 Å². The number of rotatable bonds is 7. The summed E-state index contributed by atoms with van der Waals surface area (Å²) in [6, 6.07) is 11.4. The van der Waals surface area contributed by atoms with Crippen LogP contribution in [0.1, 0.15) is 6.92 Å². The van der Waals surface area contributed by atoms with Crippen LogP contribution < -0.4 is 4.90 Å². The van der Waals surface area contributed by atoms with E-state index in [0.717, 1.165) is 36.1 Å². The highest BCUT2D eigenvalue weighted by Crippen LogP contribution is 2.31. The predicted octanol–water partition coefficient (Wildman–Crippen LogP) is 2.25. The van der Waals surface area contributed by atoms with Crippen LogP contribution >= 0.6 is 0 Å². The second kappa shape index (κ2) is 8.56. The van der Waals surface area contributed by atoms with Gasteiger partial charge in [-0.2, -0.15) is 4.31 Å². The van der Waals surface area contributed by atoms with Crippen molar-refractivity contribution in [3.05, 3.63) is 36.4 Å². The molecule has 2 aromatic rings. The molecule has 0 unspecified atom stereocenters.